The van der Waals surface area contributed by atoms with Crippen molar-refractivity contribution in [2.75, 3.05) is 20.8 Å². The van der Waals surface area contributed by atoms with E-state index >= 15 is 0 Å². The predicted molar refractivity (Wildman–Crippen MR) is 97.2 cm³/mol. The molecular formula is C20H20O5. The Morgan fingerprint density at radius 1 is 1.08 bits per heavy atom. The third kappa shape index (κ3) is 4.41. The predicted octanol–water partition coefficient (Wildman–Crippen LogP) is 3.89. The van der Waals surface area contributed by atoms with Crippen LogP contribution in [0, 0.1) is 0 Å². The summed E-state index contributed by atoms with van der Waals surface area (Å²) in [6, 6.07) is 12.2. The Kier molecular flexibility index (Phi) is 6.23. The summed E-state index contributed by atoms with van der Waals surface area (Å²) in [5.74, 6) is 0.529. The lowest BCUT2D eigenvalue weighted by Crippen LogP contribution is -2.02. The summed E-state index contributed by atoms with van der Waals surface area (Å²) in [6.45, 7) is 3.95. The number of methoxy groups -OCH3 is 2. The van der Waals surface area contributed by atoms with Gasteiger partial charge in [0.25, 0.3) is 0 Å². The second kappa shape index (κ2) is 8.59. The number of ether oxygens (including phenoxy) is 3. The van der Waals surface area contributed by atoms with E-state index < -0.39 is 5.97 Å². The van der Waals surface area contributed by atoms with Gasteiger partial charge in [-0.1, -0.05) is 36.9 Å². The van der Waals surface area contributed by atoms with Gasteiger partial charge < -0.3 is 19.3 Å². The van der Waals surface area contributed by atoms with Crippen LogP contribution < -0.4 is 14.2 Å². The minimum atomic E-state index is -1.05. The van der Waals surface area contributed by atoms with Crippen LogP contribution in [0.5, 0.6) is 17.2 Å². The number of carboxylic acid groups (broad SMARTS) is 1. The SMILES string of the molecule is C=CCOc1ccccc1/C=C(\C(=O)O)c1ccc(OC)c(OC)c1. The van der Waals surface area contributed by atoms with Crippen molar-refractivity contribution < 1.29 is 24.1 Å². The van der Waals surface area contributed by atoms with Crippen LogP contribution in [0.2, 0.25) is 0 Å². The highest BCUT2D eigenvalue weighted by Crippen LogP contribution is 2.32. The summed E-state index contributed by atoms with van der Waals surface area (Å²) < 4.78 is 16.0. The number of benzene rings is 2. The van der Waals surface area contributed by atoms with Crippen LogP contribution in [0.4, 0.5) is 0 Å². The third-order valence-electron chi connectivity index (χ3n) is 3.50. The zero-order chi connectivity index (χ0) is 18.2. The van der Waals surface area contributed by atoms with Crippen LogP contribution in [-0.2, 0) is 4.79 Å². The Hall–Kier alpha value is -3.21. The molecule has 25 heavy (non-hydrogen) atoms. The van der Waals surface area contributed by atoms with Crippen molar-refractivity contribution in [2.24, 2.45) is 0 Å². The van der Waals surface area contributed by atoms with Crippen LogP contribution in [0.15, 0.2) is 55.1 Å². The summed E-state index contributed by atoms with van der Waals surface area (Å²) in [5, 5.41) is 9.65. The minimum Gasteiger partial charge on any atom is -0.493 e. The van der Waals surface area contributed by atoms with Crippen LogP contribution >= 0.6 is 0 Å². The van der Waals surface area contributed by atoms with Gasteiger partial charge in [-0.15, -0.1) is 0 Å². The molecule has 0 bridgehead atoms. The normalized spacial score (nSPS) is 10.9. The first-order valence-corrected chi connectivity index (χ1v) is 7.60. The molecule has 130 valence electrons. The third-order valence-corrected chi connectivity index (χ3v) is 3.50. The average molecular weight is 340 g/mol. The van der Waals surface area contributed by atoms with E-state index in [9.17, 15) is 9.90 Å². The van der Waals surface area contributed by atoms with Crippen molar-refractivity contribution in [1.82, 2.24) is 0 Å². The van der Waals surface area contributed by atoms with E-state index in [0.29, 0.717) is 35.0 Å². The van der Waals surface area contributed by atoms with Gasteiger partial charge >= 0.3 is 5.97 Å². The number of carbonyl (C=O) groups is 1. The summed E-state index contributed by atoms with van der Waals surface area (Å²) in [6.07, 6.45) is 3.20. The van der Waals surface area contributed by atoms with Crippen molar-refractivity contribution in [1.29, 1.82) is 0 Å². The maximum absolute atomic E-state index is 11.8. The maximum atomic E-state index is 11.8. The Balaban J connectivity index is 2.50. The molecule has 2 aromatic carbocycles. The van der Waals surface area contributed by atoms with Gasteiger partial charge in [0.05, 0.1) is 19.8 Å². The summed E-state index contributed by atoms with van der Waals surface area (Å²) in [4.78, 5) is 11.8. The molecule has 0 radical (unpaired) electrons. The Morgan fingerprint density at radius 2 is 1.80 bits per heavy atom. The molecule has 0 unspecified atom stereocenters. The van der Waals surface area contributed by atoms with E-state index in [1.54, 1.807) is 42.5 Å². The van der Waals surface area contributed by atoms with Crippen LogP contribution in [0.3, 0.4) is 0 Å². The van der Waals surface area contributed by atoms with E-state index in [4.69, 9.17) is 14.2 Å². The number of hydrogen-bond acceptors (Lipinski definition) is 4. The first-order valence-electron chi connectivity index (χ1n) is 7.60. The highest BCUT2D eigenvalue weighted by atomic mass is 16.5. The molecular weight excluding hydrogens is 320 g/mol. The molecule has 0 aromatic heterocycles. The molecule has 5 heteroatoms. The highest BCUT2D eigenvalue weighted by molar-refractivity contribution is 6.21. The summed E-state index contributed by atoms with van der Waals surface area (Å²) in [5.41, 5.74) is 1.29. The van der Waals surface area contributed by atoms with Gasteiger partial charge in [-0.05, 0) is 29.8 Å². The smallest absolute Gasteiger partial charge is 0.336 e. The second-order valence-corrected chi connectivity index (χ2v) is 5.07. The van der Waals surface area contributed by atoms with Gasteiger partial charge in [-0.2, -0.15) is 0 Å². The number of hydrogen-bond donors (Lipinski definition) is 1. The second-order valence-electron chi connectivity index (χ2n) is 5.07. The zero-order valence-electron chi connectivity index (χ0n) is 14.2. The maximum Gasteiger partial charge on any atom is 0.336 e. The van der Waals surface area contributed by atoms with Crippen LogP contribution in [-0.4, -0.2) is 31.9 Å². The molecule has 0 saturated carbocycles. The van der Waals surface area contributed by atoms with Crippen molar-refractivity contribution >= 4 is 17.6 Å². The van der Waals surface area contributed by atoms with E-state index in [1.807, 2.05) is 12.1 Å². The monoisotopic (exact) mass is 340 g/mol. The fourth-order valence-corrected chi connectivity index (χ4v) is 2.31. The van der Waals surface area contributed by atoms with E-state index in [2.05, 4.69) is 6.58 Å². The van der Waals surface area contributed by atoms with Crippen molar-refractivity contribution in [3.8, 4) is 17.2 Å². The molecule has 0 aliphatic rings. The van der Waals surface area contributed by atoms with Crippen molar-refractivity contribution in [3.05, 3.63) is 66.2 Å². The molecule has 0 atom stereocenters. The molecule has 0 amide bonds. The number of rotatable bonds is 8. The molecule has 0 aliphatic heterocycles. The van der Waals surface area contributed by atoms with Gasteiger partial charge in [0, 0.05) is 5.56 Å². The number of carboxylic acids is 1. The van der Waals surface area contributed by atoms with E-state index in [-0.39, 0.29) is 5.57 Å². The minimum absolute atomic E-state index is 0.121. The van der Waals surface area contributed by atoms with Crippen LogP contribution in [0.1, 0.15) is 11.1 Å². The summed E-state index contributed by atoms with van der Waals surface area (Å²) in [7, 11) is 3.03. The molecule has 0 spiro atoms. The fourth-order valence-electron chi connectivity index (χ4n) is 2.31. The average Bonchev–Trinajstić information content (AvgIpc) is 2.64. The summed E-state index contributed by atoms with van der Waals surface area (Å²) >= 11 is 0. The molecule has 2 aromatic rings. The zero-order valence-corrected chi connectivity index (χ0v) is 14.2. The molecule has 1 N–H and O–H groups in total. The lowest BCUT2D eigenvalue weighted by molar-refractivity contribution is -0.130. The molecule has 5 nitrogen and oxygen atoms in total. The first-order chi connectivity index (χ1) is 12.1. The molecule has 0 heterocycles. The Labute approximate surface area is 146 Å². The largest absolute Gasteiger partial charge is 0.493 e. The van der Waals surface area contributed by atoms with Crippen molar-refractivity contribution in [2.45, 2.75) is 0 Å². The topological polar surface area (TPSA) is 65.0 Å². The van der Waals surface area contributed by atoms with E-state index in [0.717, 1.165) is 0 Å². The lowest BCUT2D eigenvalue weighted by atomic mass is 10.0. The van der Waals surface area contributed by atoms with Gasteiger partial charge in [-0.25, -0.2) is 4.79 Å². The van der Waals surface area contributed by atoms with Crippen LogP contribution in [0.25, 0.3) is 11.6 Å². The van der Waals surface area contributed by atoms with Crippen molar-refractivity contribution in [3.63, 3.8) is 0 Å². The molecule has 2 rings (SSSR count). The van der Waals surface area contributed by atoms with Gasteiger partial charge in [0.15, 0.2) is 11.5 Å². The highest BCUT2D eigenvalue weighted by Gasteiger charge is 2.15. The molecule has 0 aliphatic carbocycles. The first kappa shape index (κ1) is 18.1. The lowest BCUT2D eigenvalue weighted by Gasteiger charge is -2.11. The molecule has 0 saturated heterocycles. The van der Waals surface area contributed by atoms with Gasteiger partial charge in [0.2, 0.25) is 0 Å². The van der Waals surface area contributed by atoms with Gasteiger partial charge in [0.1, 0.15) is 12.4 Å². The quantitative estimate of drug-likeness (QED) is 0.449. The van der Waals surface area contributed by atoms with E-state index in [1.165, 1.54) is 14.2 Å². The fraction of sp³-hybridized carbons (Fsp3) is 0.150. The van der Waals surface area contributed by atoms with Gasteiger partial charge in [-0.3, -0.25) is 0 Å². The standard InChI is InChI=1S/C20H20O5/c1-4-11-25-17-8-6-5-7-15(17)12-16(20(21)22)14-9-10-18(23-2)19(13-14)24-3/h4-10,12-13H,1,11H2,2-3H3,(H,21,22)/b16-12-. The Morgan fingerprint density at radius 3 is 2.44 bits per heavy atom. The number of aliphatic carboxylic acids is 1. The number of para-hydroxylation sites is 1. The Bertz CT molecular complexity index is 792. The molecule has 0 fully saturated rings.